The van der Waals surface area contributed by atoms with Crippen molar-refractivity contribution in [2.24, 2.45) is 7.05 Å². The highest BCUT2D eigenvalue weighted by molar-refractivity contribution is 5.77. The molecule has 1 N–H and O–H groups in total. The second-order valence-corrected chi connectivity index (χ2v) is 2.66. The molecule has 1 heterocycles. The molecule has 1 aromatic rings. The summed E-state index contributed by atoms with van der Waals surface area (Å²) in [7, 11) is 1.88. The van der Waals surface area contributed by atoms with Crippen LogP contribution in [-0.2, 0) is 18.3 Å². The lowest BCUT2D eigenvalue weighted by molar-refractivity contribution is -0.120. The van der Waals surface area contributed by atoms with E-state index in [9.17, 15) is 4.79 Å². The fourth-order valence-electron chi connectivity index (χ4n) is 0.982. The Kier molecular flexibility index (Phi) is 2.85. The molecular formula is C8H13N3O. The first-order valence-electron chi connectivity index (χ1n) is 3.96. The van der Waals surface area contributed by atoms with Crippen molar-refractivity contribution in [3.63, 3.8) is 0 Å². The van der Waals surface area contributed by atoms with Gasteiger partial charge in [0.15, 0.2) is 0 Å². The molecule has 0 unspecified atom stereocenters. The first-order valence-corrected chi connectivity index (χ1v) is 3.96. The largest absolute Gasteiger partial charge is 0.356 e. The number of nitrogens with one attached hydrogen (secondary N) is 1. The van der Waals surface area contributed by atoms with Gasteiger partial charge in [0.1, 0.15) is 0 Å². The number of hydrogen-bond donors (Lipinski definition) is 1. The molecule has 0 saturated carbocycles. The summed E-state index contributed by atoms with van der Waals surface area (Å²) in [5.74, 6) is 0.0243. The predicted octanol–water partition coefficient (Wildman–Crippen LogP) is 0.0987. The van der Waals surface area contributed by atoms with E-state index in [1.807, 2.05) is 24.7 Å². The van der Waals surface area contributed by atoms with Crippen molar-refractivity contribution in [2.45, 2.75) is 13.3 Å². The van der Waals surface area contributed by atoms with Crippen LogP contribution in [0.5, 0.6) is 0 Å². The molecule has 4 heteroatoms. The van der Waals surface area contributed by atoms with Crippen molar-refractivity contribution < 1.29 is 4.79 Å². The van der Waals surface area contributed by atoms with Crippen LogP contribution in [0.25, 0.3) is 0 Å². The molecule has 1 amide bonds. The number of hydrogen-bond acceptors (Lipinski definition) is 2. The van der Waals surface area contributed by atoms with Gasteiger partial charge in [-0.3, -0.25) is 4.79 Å². The predicted molar refractivity (Wildman–Crippen MR) is 45.6 cm³/mol. The minimum atomic E-state index is 0.0243. The second kappa shape index (κ2) is 3.90. The van der Waals surface area contributed by atoms with Gasteiger partial charge in [0.05, 0.1) is 18.4 Å². The van der Waals surface area contributed by atoms with Crippen LogP contribution in [0.1, 0.15) is 12.6 Å². The maximum absolute atomic E-state index is 11.1. The summed E-state index contributed by atoms with van der Waals surface area (Å²) < 4.78 is 1.83. The Hall–Kier alpha value is -1.32. The molecule has 1 rings (SSSR count). The van der Waals surface area contributed by atoms with Gasteiger partial charge in [-0.15, -0.1) is 0 Å². The number of imidazole rings is 1. The van der Waals surface area contributed by atoms with E-state index >= 15 is 0 Å². The molecule has 0 saturated heterocycles. The third kappa shape index (κ3) is 2.38. The van der Waals surface area contributed by atoms with Crippen LogP contribution in [0.2, 0.25) is 0 Å². The smallest absolute Gasteiger partial charge is 0.226 e. The van der Waals surface area contributed by atoms with E-state index < -0.39 is 0 Å². The molecule has 0 aromatic carbocycles. The van der Waals surface area contributed by atoms with Crippen LogP contribution in [0, 0.1) is 0 Å². The molecule has 0 aliphatic heterocycles. The van der Waals surface area contributed by atoms with Gasteiger partial charge in [-0.25, -0.2) is 4.98 Å². The summed E-state index contributed by atoms with van der Waals surface area (Å²) >= 11 is 0. The summed E-state index contributed by atoms with van der Waals surface area (Å²) in [4.78, 5) is 15.1. The molecule has 0 fully saturated rings. The molecule has 0 radical (unpaired) electrons. The number of aryl methyl sites for hydroxylation is 1. The van der Waals surface area contributed by atoms with Gasteiger partial charge in [-0.1, -0.05) is 0 Å². The Morgan fingerprint density at radius 2 is 2.50 bits per heavy atom. The Morgan fingerprint density at radius 3 is 3.00 bits per heavy atom. The molecule has 66 valence electrons. The number of rotatable bonds is 3. The van der Waals surface area contributed by atoms with Crippen molar-refractivity contribution in [1.82, 2.24) is 14.9 Å². The van der Waals surface area contributed by atoms with Gasteiger partial charge in [-0.2, -0.15) is 0 Å². The Morgan fingerprint density at radius 1 is 1.75 bits per heavy atom. The fourth-order valence-corrected chi connectivity index (χ4v) is 0.982. The van der Waals surface area contributed by atoms with Crippen LogP contribution in [0.4, 0.5) is 0 Å². The molecule has 0 atom stereocenters. The highest BCUT2D eigenvalue weighted by atomic mass is 16.1. The molecule has 0 bridgehead atoms. The Balaban J connectivity index is 2.46. The van der Waals surface area contributed by atoms with Gasteiger partial charge in [0.2, 0.25) is 5.91 Å². The van der Waals surface area contributed by atoms with E-state index in [1.165, 1.54) is 0 Å². The highest BCUT2D eigenvalue weighted by Crippen LogP contribution is 1.94. The normalized spacial score (nSPS) is 9.83. The first-order chi connectivity index (χ1) is 5.72. The molecule has 4 nitrogen and oxygen atoms in total. The third-order valence-corrected chi connectivity index (χ3v) is 1.47. The summed E-state index contributed by atoms with van der Waals surface area (Å²) in [6, 6.07) is 0. The van der Waals surface area contributed by atoms with Crippen LogP contribution >= 0.6 is 0 Å². The zero-order valence-corrected chi connectivity index (χ0v) is 7.37. The van der Waals surface area contributed by atoms with Crippen LogP contribution in [0.3, 0.4) is 0 Å². The summed E-state index contributed by atoms with van der Waals surface area (Å²) in [5.41, 5.74) is 0.809. The zero-order valence-electron chi connectivity index (χ0n) is 7.37. The number of nitrogens with zero attached hydrogens (tertiary/aromatic N) is 2. The standard InChI is InChI=1S/C8H13N3O/c1-3-9-8(12)4-7-5-11(2)6-10-7/h5-6H,3-4H2,1-2H3,(H,9,12). The molecule has 1 aromatic heterocycles. The molecular weight excluding hydrogens is 154 g/mol. The second-order valence-electron chi connectivity index (χ2n) is 2.66. The van der Waals surface area contributed by atoms with E-state index in [2.05, 4.69) is 10.3 Å². The minimum absolute atomic E-state index is 0.0243. The maximum atomic E-state index is 11.1. The summed E-state index contributed by atoms with van der Waals surface area (Å²) in [5, 5.41) is 2.72. The first kappa shape index (κ1) is 8.77. The lowest BCUT2D eigenvalue weighted by atomic mass is 10.3. The van der Waals surface area contributed by atoms with Crippen LogP contribution in [-0.4, -0.2) is 22.0 Å². The molecule has 12 heavy (non-hydrogen) atoms. The van der Waals surface area contributed by atoms with Crippen molar-refractivity contribution in [2.75, 3.05) is 6.54 Å². The summed E-state index contributed by atoms with van der Waals surface area (Å²) in [6.45, 7) is 2.57. The van der Waals surface area contributed by atoms with Crippen molar-refractivity contribution in [1.29, 1.82) is 0 Å². The van der Waals surface area contributed by atoms with Crippen molar-refractivity contribution in [3.05, 3.63) is 18.2 Å². The van der Waals surface area contributed by atoms with Gasteiger partial charge in [0, 0.05) is 19.8 Å². The summed E-state index contributed by atoms with van der Waals surface area (Å²) in [6.07, 6.45) is 3.90. The average molecular weight is 167 g/mol. The fraction of sp³-hybridized carbons (Fsp3) is 0.500. The van der Waals surface area contributed by atoms with E-state index in [0.29, 0.717) is 13.0 Å². The number of likely N-dealkylation sites (N-methyl/N-ethyl adjacent to an activating group) is 1. The van der Waals surface area contributed by atoms with Gasteiger partial charge in [0.25, 0.3) is 0 Å². The number of amides is 1. The van der Waals surface area contributed by atoms with E-state index in [-0.39, 0.29) is 5.91 Å². The van der Waals surface area contributed by atoms with Crippen molar-refractivity contribution >= 4 is 5.91 Å². The van der Waals surface area contributed by atoms with E-state index in [1.54, 1.807) is 6.33 Å². The quantitative estimate of drug-likeness (QED) is 0.694. The minimum Gasteiger partial charge on any atom is -0.356 e. The zero-order chi connectivity index (χ0) is 8.97. The van der Waals surface area contributed by atoms with Crippen LogP contribution in [0.15, 0.2) is 12.5 Å². The van der Waals surface area contributed by atoms with Gasteiger partial charge in [-0.05, 0) is 6.92 Å². The Bertz CT molecular complexity index is 267. The SMILES string of the molecule is CCNC(=O)Cc1cn(C)cn1. The topological polar surface area (TPSA) is 46.9 Å². The van der Waals surface area contributed by atoms with Gasteiger partial charge < -0.3 is 9.88 Å². The number of carbonyl (C=O) groups is 1. The Labute approximate surface area is 71.6 Å². The van der Waals surface area contributed by atoms with Crippen LogP contribution < -0.4 is 5.32 Å². The highest BCUT2D eigenvalue weighted by Gasteiger charge is 2.03. The molecule has 0 aliphatic rings. The monoisotopic (exact) mass is 167 g/mol. The number of carbonyl (C=O) groups excluding carboxylic acids is 1. The lowest BCUT2D eigenvalue weighted by Crippen LogP contribution is -2.24. The molecule has 0 aliphatic carbocycles. The maximum Gasteiger partial charge on any atom is 0.226 e. The molecule has 0 spiro atoms. The van der Waals surface area contributed by atoms with E-state index in [0.717, 1.165) is 5.69 Å². The average Bonchev–Trinajstić information content (AvgIpc) is 2.36. The third-order valence-electron chi connectivity index (χ3n) is 1.47. The van der Waals surface area contributed by atoms with Crippen molar-refractivity contribution in [3.8, 4) is 0 Å². The van der Waals surface area contributed by atoms with Gasteiger partial charge >= 0.3 is 0 Å². The number of aromatic nitrogens is 2. The van der Waals surface area contributed by atoms with E-state index in [4.69, 9.17) is 0 Å². The lowest BCUT2D eigenvalue weighted by Gasteiger charge is -1.97.